The maximum absolute atomic E-state index is 13.1. The van der Waals surface area contributed by atoms with Crippen molar-refractivity contribution in [1.29, 1.82) is 5.26 Å². The molecule has 1 fully saturated rings. The number of nitrogens with zero attached hydrogens (tertiary/aromatic N) is 3. The van der Waals surface area contributed by atoms with Crippen LogP contribution in [-0.2, 0) is 0 Å². The molecule has 1 aliphatic heterocycles. The second kappa shape index (κ2) is 9.49. The first-order valence-electron chi connectivity index (χ1n) is 10.9. The highest BCUT2D eigenvalue weighted by atomic mass is 32.1. The summed E-state index contributed by atoms with van der Waals surface area (Å²) in [5.74, 6) is 5.69. The molecule has 1 saturated heterocycles. The van der Waals surface area contributed by atoms with Crippen LogP contribution in [0, 0.1) is 29.0 Å². The molecule has 0 aliphatic carbocycles. The van der Waals surface area contributed by atoms with Crippen molar-refractivity contribution in [2.24, 2.45) is 0 Å². The summed E-state index contributed by atoms with van der Waals surface area (Å²) in [7, 11) is 0. The molecule has 0 radical (unpaired) electrons. The fraction of sp³-hybridized carbons (Fsp3) is 0.143. The predicted molar refractivity (Wildman–Crippen MR) is 132 cm³/mol. The van der Waals surface area contributed by atoms with Crippen molar-refractivity contribution in [1.82, 2.24) is 4.98 Å². The number of benzene rings is 3. The van der Waals surface area contributed by atoms with E-state index in [0.29, 0.717) is 0 Å². The number of aromatic nitrogens is 1. The Morgan fingerprint density at radius 2 is 1.59 bits per heavy atom. The summed E-state index contributed by atoms with van der Waals surface area (Å²) in [6.45, 7) is -0.0742. The molecule has 4 aromatic rings. The van der Waals surface area contributed by atoms with Crippen LogP contribution in [0.4, 0.5) is 9.52 Å². The molecule has 0 unspecified atom stereocenters. The summed E-state index contributed by atoms with van der Waals surface area (Å²) in [5, 5.41) is 22.8. The van der Waals surface area contributed by atoms with Crippen LogP contribution in [0.25, 0.3) is 11.3 Å². The van der Waals surface area contributed by atoms with Crippen LogP contribution in [0.2, 0.25) is 0 Å². The minimum Gasteiger partial charge on any atom is -0.394 e. The second-order valence-corrected chi connectivity index (χ2v) is 8.85. The van der Waals surface area contributed by atoms with E-state index in [-0.39, 0.29) is 24.4 Å². The number of hydrogen-bond acceptors (Lipinski definition) is 5. The summed E-state index contributed by atoms with van der Waals surface area (Å²) in [4.78, 5) is 6.66. The van der Waals surface area contributed by atoms with Crippen molar-refractivity contribution < 1.29 is 9.50 Å². The topological polar surface area (TPSA) is 60.1 Å². The second-order valence-electron chi connectivity index (χ2n) is 8.02. The highest BCUT2D eigenvalue weighted by Gasteiger charge is 2.50. The van der Waals surface area contributed by atoms with Gasteiger partial charge in [-0.1, -0.05) is 54.3 Å². The standard InChI is InChI=1S/C28H20FN3OS/c29-23-14-10-20(11-15-23)7-6-19-8-12-22(13-9-19)27-25(16-30)32(26(27)17-33)28-31-24(18-34-28)21-4-2-1-3-5-21/h1-5,8-15,18,25-27,33H,17H2/t25-,26-,27+/m0/s1. The van der Waals surface area contributed by atoms with Gasteiger partial charge in [-0.05, 0) is 42.0 Å². The molecule has 3 atom stereocenters. The summed E-state index contributed by atoms with van der Waals surface area (Å²) < 4.78 is 13.1. The van der Waals surface area contributed by atoms with Gasteiger partial charge in [0.05, 0.1) is 24.4 Å². The van der Waals surface area contributed by atoms with E-state index in [2.05, 4.69) is 17.9 Å². The van der Waals surface area contributed by atoms with Crippen LogP contribution in [0.15, 0.2) is 84.2 Å². The molecule has 166 valence electrons. The van der Waals surface area contributed by atoms with Crippen molar-refractivity contribution in [3.05, 3.63) is 107 Å². The molecular weight excluding hydrogens is 445 g/mol. The largest absolute Gasteiger partial charge is 0.394 e. The number of aliphatic hydroxyl groups is 1. The zero-order valence-corrected chi connectivity index (χ0v) is 18.9. The van der Waals surface area contributed by atoms with Crippen molar-refractivity contribution in [3.8, 4) is 29.2 Å². The lowest BCUT2D eigenvalue weighted by molar-refractivity contribution is 0.187. The van der Waals surface area contributed by atoms with E-state index in [4.69, 9.17) is 4.98 Å². The third-order valence-corrected chi connectivity index (χ3v) is 6.86. The Balaban J connectivity index is 1.35. The SMILES string of the molecule is N#C[C@H]1[C@@H](c2ccc(C#Cc3ccc(F)cc3)cc2)[C@H](CO)N1c1nc(-c2ccccc2)cs1. The minimum absolute atomic E-state index is 0.0742. The van der Waals surface area contributed by atoms with Gasteiger partial charge in [-0.15, -0.1) is 11.3 Å². The molecule has 3 aromatic carbocycles. The van der Waals surface area contributed by atoms with Gasteiger partial charge < -0.3 is 10.0 Å². The van der Waals surface area contributed by atoms with Gasteiger partial charge in [0, 0.05) is 28.0 Å². The Bertz CT molecular complexity index is 1380. The highest BCUT2D eigenvalue weighted by Crippen LogP contribution is 2.45. The Kier molecular flexibility index (Phi) is 6.10. The van der Waals surface area contributed by atoms with Gasteiger partial charge in [-0.2, -0.15) is 5.26 Å². The maximum atomic E-state index is 13.1. The van der Waals surface area contributed by atoms with Gasteiger partial charge in [0.15, 0.2) is 5.13 Å². The third-order valence-electron chi connectivity index (χ3n) is 6.00. The van der Waals surface area contributed by atoms with Crippen LogP contribution in [0.1, 0.15) is 22.6 Å². The first-order chi connectivity index (χ1) is 16.7. The fourth-order valence-electron chi connectivity index (χ4n) is 4.26. The molecule has 6 heteroatoms. The quantitative estimate of drug-likeness (QED) is 0.421. The lowest BCUT2D eigenvalue weighted by Crippen LogP contribution is -2.63. The minimum atomic E-state index is -0.414. The molecule has 1 aromatic heterocycles. The number of hydrogen-bond donors (Lipinski definition) is 1. The van der Waals surface area contributed by atoms with E-state index in [9.17, 15) is 14.8 Å². The van der Waals surface area contributed by atoms with Gasteiger partial charge in [0.1, 0.15) is 11.9 Å². The predicted octanol–water partition coefficient (Wildman–Crippen LogP) is 5.21. The highest BCUT2D eigenvalue weighted by molar-refractivity contribution is 7.14. The lowest BCUT2D eigenvalue weighted by atomic mass is 9.76. The van der Waals surface area contributed by atoms with Crippen LogP contribution in [0.3, 0.4) is 0 Å². The molecular formula is C28H20FN3OS. The summed E-state index contributed by atoms with van der Waals surface area (Å²) in [5.41, 5.74) is 4.43. The van der Waals surface area contributed by atoms with Gasteiger partial charge in [-0.25, -0.2) is 9.37 Å². The van der Waals surface area contributed by atoms with E-state index in [1.165, 1.54) is 23.5 Å². The Labute approximate surface area is 201 Å². The molecule has 0 spiro atoms. The molecule has 1 aliphatic rings. The first-order valence-corrected chi connectivity index (χ1v) is 11.7. The molecule has 2 heterocycles. The van der Waals surface area contributed by atoms with E-state index >= 15 is 0 Å². The molecule has 0 saturated carbocycles. The molecule has 0 amide bonds. The fourth-order valence-corrected chi connectivity index (χ4v) is 5.19. The monoisotopic (exact) mass is 465 g/mol. The van der Waals surface area contributed by atoms with Crippen LogP contribution in [0.5, 0.6) is 0 Å². The molecule has 4 nitrogen and oxygen atoms in total. The van der Waals surface area contributed by atoms with Gasteiger partial charge in [-0.3, -0.25) is 0 Å². The van der Waals surface area contributed by atoms with E-state index in [1.807, 2.05) is 64.9 Å². The third kappa shape index (κ3) is 4.18. The molecule has 0 bridgehead atoms. The Hall–Kier alpha value is -3.97. The van der Waals surface area contributed by atoms with Crippen LogP contribution in [-0.4, -0.2) is 28.8 Å². The lowest BCUT2D eigenvalue weighted by Gasteiger charge is -2.51. The number of rotatable bonds is 4. The number of halogens is 1. The van der Waals surface area contributed by atoms with Gasteiger partial charge >= 0.3 is 0 Å². The normalized spacial score (nSPS) is 19.0. The van der Waals surface area contributed by atoms with Gasteiger partial charge in [0.2, 0.25) is 0 Å². The number of anilines is 1. The first kappa shape index (κ1) is 21.9. The average Bonchev–Trinajstić information content (AvgIpc) is 3.34. The zero-order chi connectivity index (χ0) is 23.5. The Morgan fingerprint density at radius 3 is 2.21 bits per heavy atom. The summed E-state index contributed by atoms with van der Waals surface area (Å²) >= 11 is 1.48. The maximum Gasteiger partial charge on any atom is 0.187 e. The van der Waals surface area contributed by atoms with Crippen molar-refractivity contribution >= 4 is 16.5 Å². The van der Waals surface area contributed by atoms with Crippen molar-refractivity contribution in [3.63, 3.8) is 0 Å². The molecule has 1 N–H and O–H groups in total. The summed E-state index contributed by atoms with van der Waals surface area (Å²) in [6.07, 6.45) is 0. The van der Waals surface area contributed by atoms with Crippen molar-refractivity contribution in [2.75, 3.05) is 11.5 Å². The van der Waals surface area contributed by atoms with Gasteiger partial charge in [0.25, 0.3) is 0 Å². The van der Waals surface area contributed by atoms with Crippen LogP contribution < -0.4 is 4.90 Å². The zero-order valence-electron chi connectivity index (χ0n) is 18.1. The number of nitriles is 1. The number of aliphatic hydroxyl groups excluding tert-OH is 1. The van der Waals surface area contributed by atoms with Crippen molar-refractivity contribution in [2.45, 2.75) is 18.0 Å². The van der Waals surface area contributed by atoms with Crippen LogP contribution >= 0.6 is 11.3 Å². The van der Waals surface area contributed by atoms with E-state index < -0.39 is 6.04 Å². The smallest absolute Gasteiger partial charge is 0.187 e. The summed E-state index contributed by atoms with van der Waals surface area (Å²) in [6, 6.07) is 25.5. The van der Waals surface area contributed by atoms with E-state index in [1.54, 1.807) is 12.1 Å². The molecule has 5 rings (SSSR count). The Morgan fingerprint density at radius 1 is 0.941 bits per heavy atom. The average molecular weight is 466 g/mol. The molecule has 34 heavy (non-hydrogen) atoms. The van der Waals surface area contributed by atoms with E-state index in [0.717, 1.165) is 33.1 Å². The number of thiazole rings is 1.